The summed E-state index contributed by atoms with van der Waals surface area (Å²) in [6, 6.07) is 0. The molecule has 114 valence electrons. The third-order valence-corrected chi connectivity index (χ3v) is 3.29. The molecule has 1 aromatic rings. The van der Waals surface area contributed by atoms with Crippen molar-refractivity contribution in [3.05, 3.63) is 12.4 Å². The Morgan fingerprint density at radius 1 is 1.30 bits per heavy atom. The number of nitrogens with two attached hydrogens (primary N) is 1. The average molecular weight is 315 g/mol. The molecule has 0 fully saturated rings. The molecule has 4 N–H and O–H groups in total. The highest BCUT2D eigenvalue weighted by molar-refractivity contribution is 7.89. The summed E-state index contributed by atoms with van der Waals surface area (Å²) in [5.41, 5.74) is 2.12. The first-order valence-electron chi connectivity index (χ1n) is 5.17. The van der Waals surface area contributed by atoms with Gasteiger partial charge in [0.25, 0.3) is 0 Å². The molecule has 0 unspecified atom stereocenters. The standard InChI is InChI=1S/C8H12F3N5O3S/c9-8(10,11)5-19-2-1-15-20(17,18)6-3-13-7(16-12)14-4-6/h3-4,15H,1-2,5,12H2,(H,13,14,16). The molecular weight excluding hydrogens is 303 g/mol. The SMILES string of the molecule is NNc1ncc(S(=O)(=O)NCCOCC(F)(F)F)cn1. The summed E-state index contributed by atoms with van der Waals surface area (Å²) >= 11 is 0. The van der Waals surface area contributed by atoms with Crippen LogP contribution in [0, 0.1) is 0 Å². The fraction of sp³-hybridized carbons (Fsp3) is 0.500. The van der Waals surface area contributed by atoms with E-state index in [1.807, 2.05) is 4.72 Å². The van der Waals surface area contributed by atoms with E-state index in [9.17, 15) is 21.6 Å². The first kappa shape index (κ1) is 16.6. The van der Waals surface area contributed by atoms with Gasteiger partial charge in [0.1, 0.15) is 11.5 Å². The smallest absolute Gasteiger partial charge is 0.371 e. The molecule has 0 aliphatic carbocycles. The van der Waals surface area contributed by atoms with Gasteiger partial charge in [-0.2, -0.15) is 13.2 Å². The summed E-state index contributed by atoms with van der Waals surface area (Å²) in [4.78, 5) is 6.94. The van der Waals surface area contributed by atoms with Gasteiger partial charge in [0.15, 0.2) is 0 Å². The quantitative estimate of drug-likeness (QED) is 0.356. The molecule has 1 rings (SSSR count). The molecule has 1 heterocycles. The fourth-order valence-corrected chi connectivity index (χ4v) is 1.95. The maximum atomic E-state index is 11.8. The number of nitrogens with one attached hydrogen (secondary N) is 2. The summed E-state index contributed by atoms with van der Waals surface area (Å²) in [6.45, 7) is -2.16. The molecule has 20 heavy (non-hydrogen) atoms. The predicted molar refractivity (Wildman–Crippen MR) is 61.9 cm³/mol. The Morgan fingerprint density at radius 2 is 1.90 bits per heavy atom. The van der Waals surface area contributed by atoms with Crippen LogP contribution < -0.4 is 16.0 Å². The second kappa shape index (κ2) is 6.78. The highest BCUT2D eigenvalue weighted by atomic mass is 32.2. The van der Waals surface area contributed by atoms with E-state index in [2.05, 4.69) is 20.1 Å². The number of anilines is 1. The maximum Gasteiger partial charge on any atom is 0.411 e. The maximum absolute atomic E-state index is 11.8. The molecule has 0 aromatic carbocycles. The number of aromatic nitrogens is 2. The molecule has 0 radical (unpaired) electrons. The van der Waals surface area contributed by atoms with Gasteiger partial charge in [-0.25, -0.2) is 29.0 Å². The van der Waals surface area contributed by atoms with Crippen LogP contribution in [0.4, 0.5) is 19.1 Å². The third kappa shape index (κ3) is 5.64. The van der Waals surface area contributed by atoms with Crippen molar-refractivity contribution in [1.29, 1.82) is 0 Å². The molecular formula is C8H12F3N5O3S. The second-order valence-corrected chi connectivity index (χ2v) is 5.22. The van der Waals surface area contributed by atoms with Crippen LogP contribution >= 0.6 is 0 Å². The lowest BCUT2D eigenvalue weighted by Gasteiger charge is -2.09. The van der Waals surface area contributed by atoms with Crippen LogP contribution in [0.2, 0.25) is 0 Å². The number of alkyl halides is 3. The lowest BCUT2D eigenvalue weighted by atomic mass is 10.7. The number of hydrogen-bond acceptors (Lipinski definition) is 7. The molecule has 0 spiro atoms. The minimum atomic E-state index is -4.45. The molecule has 8 nitrogen and oxygen atoms in total. The lowest BCUT2D eigenvalue weighted by Crippen LogP contribution is -2.29. The van der Waals surface area contributed by atoms with Crippen molar-refractivity contribution in [1.82, 2.24) is 14.7 Å². The number of ether oxygens (including phenoxy) is 1. The fourth-order valence-electron chi connectivity index (χ4n) is 1.05. The number of halogens is 3. The molecule has 0 aliphatic heterocycles. The molecule has 0 aliphatic rings. The highest BCUT2D eigenvalue weighted by Crippen LogP contribution is 2.14. The van der Waals surface area contributed by atoms with Crippen LogP contribution in [0.25, 0.3) is 0 Å². The van der Waals surface area contributed by atoms with E-state index in [1.54, 1.807) is 0 Å². The van der Waals surface area contributed by atoms with Crippen LogP contribution in [0.3, 0.4) is 0 Å². The van der Waals surface area contributed by atoms with Gasteiger partial charge in [-0.05, 0) is 0 Å². The van der Waals surface area contributed by atoms with Crippen molar-refractivity contribution in [3.63, 3.8) is 0 Å². The van der Waals surface area contributed by atoms with E-state index in [1.165, 1.54) is 0 Å². The van der Waals surface area contributed by atoms with Crippen molar-refractivity contribution in [3.8, 4) is 0 Å². The Bertz CT molecular complexity index is 519. The summed E-state index contributed by atoms with van der Waals surface area (Å²) in [6.07, 6.45) is -2.44. The average Bonchev–Trinajstić information content (AvgIpc) is 2.37. The van der Waals surface area contributed by atoms with Gasteiger partial charge in [-0.1, -0.05) is 0 Å². The van der Waals surface area contributed by atoms with E-state index in [4.69, 9.17) is 5.84 Å². The minimum absolute atomic E-state index is 0.0254. The van der Waals surface area contributed by atoms with Gasteiger partial charge in [-0.3, -0.25) is 5.43 Å². The van der Waals surface area contributed by atoms with Crippen LogP contribution in [0.15, 0.2) is 17.3 Å². The van der Waals surface area contributed by atoms with E-state index in [0.717, 1.165) is 12.4 Å². The Morgan fingerprint density at radius 3 is 2.40 bits per heavy atom. The molecule has 0 saturated carbocycles. The first-order valence-corrected chi connectivity index (χ1v) is 6.66. The van der Waals surface area contributed by atoms with Gasteiger partial charge in [-0.15, -0.1) is 0 Å². The summed E-state index contributed by atoms with van der Waals surface area (Å²) < 4.78 is 64.9. The van der Waals surface area contributed by atoms with Gasteiger partial charge >= 0.3 is 6.18 Å². The molecule has 0 bridgehead atoms. The number of hydrazine groups is 1. The highest BCUT2D eigenvalue weighted by Gasteiger charge is 2.27. The number of sulfonamides is 1. The predicted octanol–water partition coefficient (Wildman–Crippen LogP) is -0.381. The van der Waals surface area contributed by atoms with E-state index < -0.39 is 29.4 Å². The topological polar surface area (TPSA) is 119 Å². The van der Waals surface area contributed by atoms with Crippen LogP contribution in [0.5, 0.6) is 0 Å². The monoisotopic (exact) mass is 315 g/mol. The van der Waals surface area contributed by atoms with E-state index in [0.29, 0.717) is 0 Å². The molecule has 0 amide bonds. The lowest BCUT2D eigenvalue weighted by molar-refractivity contribution is -0.173. The van der Waals surface area contributed by atoms with Gasteiger partial charge in [0.2, 0.25) is 16.0 Å². The number of nitrogen functional groups attached to an aromatic ring is 1. The van der Waals surface area contributed by atoms with Gasteiger partial charge in [0, 0.05) is 6.54 Å². The van der Waals surface area contributed by atoms with Crippen molar-refractivity contribution < 1.29 is 26.3 Å². The Kier molecular flexibility index (Phi) is 5.62. The number of hydrogen-bond donors (Lipinski definition) is 3. The van der Waals surface area contributed by atoms with E-state index in [-0.39, 0.29) is 17.4 Å². The largest absolute Gasteiger partial charge is 0.411 e. The Labute approximate surface area is 112 Å². The zero-order valence-electron chi connectivity index (χ0n) is 10.0. The molecule has 0 saturated heterocycles. The van der Waals surface area contributed by atoms with Crippen molar-refractivity contribution >= 4 is 16.0 Å². The van der Waals surface area contributed by atoms with Crippen molar-refractivity contribution in [2.75, 3.05) is 25.2 Å². The number of nitrogens with zero attached hydrogens (tertiary/aromatic N) is 2. The van der Waals surface area contributed by atoms with Gasteiger partial charge < -0.3 is 4.74 Å². The number of rotatable bonds is 7. The van der Waals surface area contributed by atoms with E-state index >= 15 is 0 Å². The Balaban J connectivity index is 2.45. The van der Waals surface area contributed by atoms with Crippen LogP contribution in [-0.2, 0) is 14.8 Å². The first-order chi connectivity index (χ1) is 9.24. The molecule has 12 heteroatoms. The summed E-state index contributed by atoms with van der Waals surface area (Å²) in [5.74, 6) is 5.03. The normalized spacial score (nSPS) is 12.4. The van der Waals surface area contributed by atoms with Crippen LogP contribution in [0.1, 0.15) is 0 Å². The third-order valence-electron chi connectivity index (χ3n) is 1.87. The van der Waals surface area contributed by atoms with Crippen molar-refractivity contribution in [2.45, 2.75) is 11.1 Å². The summed E-state index contributed by atoms with van der Waals surface area (Å²) in [7, 11) is -3.91. The second-order valence-electron chi connectivity index (χ2n) is 3.45. The molecule has 0 atom stereocenters. The van der Waals surface area contributed by atoms with Crippen LogP contribution in [-0.4, -0.2) is 44.3 Å². The Hall–Kier alpha value is -1.50. The summed E-state index contributed by atoms with van der Waals surface area (Å²) in [5, 5.41) is 0. The minimum Gasteiger partial charge on any atom is -0.371 e. The van der Waals surface area contributed by atoms with Gasteiger partial charge in [0.05, 0.1) is 19.0 Å². The zero-order chi connectivity index (χ0) is 15.2. The van der Waals surface area contributed by atoms with Crippen molar-refractivity contribution in [2.24, 2.45) is 5.84 Å². The molecule has 1 aromatic heterocycles. The zero-order valence-corrected chi connectivity index (χ0v) is 10.8.